The second kappa shape index (κ2) is 27.3. The molecule has 0 unspecified atom stereocenters. The van der Waals surface area contributed by atoms with Gasteiger partial charge >= 0.3 is 40.8 Å². The summed E-state index contributed by atoms with van der Waals surface area (Å²) in [5.74, 6) is 0. The van der Waals surface area contributed by atoms with Gasteiger partial charge in [0, 0.05) is 0 Å². The monoisotopic (exact) mass is 463 g/mol. The molecule has 0 saturated heterocycles. The molecule has 133 valence electrons. The summed E-state index contributed by atoms with van der Waals surface area (Å²) in [5, 5.41) is 0. The summed E-state index contributed by atoms with van der Waals surface area (Å²) < 4.78 is 8.55. The first-order valence-electron chi connectivity index (χ1n) is 8.14. The van der Waals surface area contributed by atoms with Crippen molar-refractivity contribution in [1.29, 1.82) is 0 Å². The molecule has 1 radical (unpaired) electrons. The smallest absolute Gasteiger partial charge is 0.822 e. The number of hydrogen-bond acceptors (Lipinski definition) is 4. The van der Waals surface area contributed by atoms with Gasteiger partial charge in [0.15, 0.2) is 0 Å². The number of hydrogen-bond donors (Lipinski definition) is 0. The fourth-order valence-corrected chi connectivity index (χ4v) is 1.56. The molecule has 0 aliphatic heterocycles. The average Bonchev–Trinajstić information content (AvgIpc) is 2.39. The van der Waals surface area contributed by atoms with E-state index in [9.17, 15) is 0 Å². The van der Waals surface area contributed by atoms with Crippen LogP contribution in [0.25, 0.3) is 0 Å². The van der Waals surface area contributed by atoms with Crippen LogP contribution in [0.1, 0.15) is 90.9 Å². The van der Waals surface area contributed by atoms with Gasteiger partial charge in [-0.05, 0) is 0 Å². The molecule has 0 spiro atoms. The maximum Gasteiger partial charge on any atom is 3.00 e. The van der Waals surface area contributed by atoms with Gasteiger partial charge in [0.05, 0.1) is 0 Å². The van der Waals surface area contributed by atoms with Crippen molar-refractivity contribution in [2.45, 2.75) is 90.9 Å². The SMILES string of the molecule is O=P([O-])([O-])[O-].[CH2-]CCCCCCC.[CH2-]CCCCCCC.[Nd+3]. The van der Waals surface area contributed by atoms with E-state index < -0.39 is 7.82 Å². The molecular weight excluding hydrogens is 431 g/mol. The standard InChI is InChI=1S/2C8H17.Nd.H3O4P/c2*1-3-5-7-8-6-4-2;;1-5(2,3)4/h2*1,3-8H2,2H3;;(H3,1,2,3,4)/q2*-1;+3;/p-3. The van der Waals surface area contributed by atoms with Gasteiger partial charge in [0.2, 0.25) is 0 Å². The molecule has 0 aromatic heterocycles. The Morgan fingerprint density at radius 1 is 0.682 bits per heavy atom. The predicted octanol–water partition coefficient (Wildman–Crippen LogP) is 3.54. The normalized spacial score (nSPS) is 9.77. The molecule has 0 N–H and O–H groups in total. The van der Waals surface area contributed by atoms with E-state index in [-0.39, 0.29) is 40.8 Å². The van der Waals surface area contributed by atoms with Crippen molar-refractivity contribution in [3.05, 3.63) is 13.8 Å². The fraction of sp³-hybridized carbons (Fsp3) is 0.875. The second-order valence-electron chi connectivity index (χ2n) is 4.98. The minimum Gasteiger partial charge on any atom is -0.822 e. The molecule has 0 aromatic rings. The molecule has 0 aromatic carbocycles. The van der Waals surface area contributed by atoms with Crippen LogP contribution in [0.15, 0.2) is 0 Å². The van der Waals surface area contributed by atoms with Crippen molar-refractivity contribution in [2.75, 3.05) is 0 Å². The summed E-state index contributed by atoms with van der Waals surface area (Å²) in [6, 6.07) is 0. The van der Waals surface area contributed by atoms with Gasteiger partial charge in [-0.15, -0.1) is 0 Å². The molecule has 0 heterocycles. The van der Waals surface area contributed by atoms with E-state index in [0.717, 1.165) is 12.8 Å². The summed E-state index contributed by atoms with van der Waals surface area (Å²) in [6.07, 6.45) is 16.0. The third-order valence-corrected chi connectivity index (χ3v) is 2.71. The average molecular weight is 466 g/mol. The number of unbranched alkanes of at least 4 members (excludes halogenated alkanes) is 10. The van der Waals surface area contributed by atoms with Crippen LogP contribution in [0, 0.1) is 54.7 Å². The Kier molecular flexibility index (Phi) is 38.8. The largest absolute Gasteiger partial charge is 3.00 e. The van der Waals surface area contributed by atoms with E-state index in [1.807, 2.05) is 0 Å². The van der Waals surface area contributed by atoms with Gasteiger partial charge in [0.25, 0.3) is 0 Å². The molecule has 0 fully saturated rings. The van der Waals surface area contributed by atoms with Crippen LogP contribution in [-0.4, -0.2) is 0 Å². The zero-order chi connectivity index (χ0) is 17.0. The third kappa shape index (κ3) is 68.4. The van der Waals surface area contributed by atoms with Crippen LogP contribution in [-0.2, 0) is 4.57 Å². The molecular formula is C16H34NdO4P-2. The molecule has 22 heavy (non-hydrogen) atoms. The van der Waals surface area contributed by atoms with Gasteiger partial charge in [-0.3, -0.25) is 0 Å². The number of phosphoric acid groups is 1. The Labute approximate surface area is 171 Å². The van der Waals surface area contributed by atoms with Crippen molar-refractivity contribution in [3.8, 4) is 0 Å². The second-order valence-corrected chi connectivity index (χ2v) is 5.88. The molecule has 0 aliphatic rings. The van der Waals surface area contributed by atoms with Gasteiger partial charge in [0.1, 0.15) is 0 Å². The van der Waals surface area contributed by atoms with Crippen LogP contribution in [0.4, 0.5) is 0 Å². The van der Waals surface area contributed by atoms with Crippen molar-refractivity contribution in [2.24, 2.45) is 0 Å². The van der Waals surface area contributed by atoms with Crippen molar-refractivity contribution in [1.82, 2.24) is 0 Å². The molecule has 0 amide bonds. The minimum atomic E-state index is -5.39. The van der Waals surface area contributed by atoms with Crippen LogP contribution < -0.4 is 14.7 Å². The van der Waals surface area contributed by atoms with Crippen molar-refractivity contribution < 1.29 is 60.1 Å². The van der Waals surface area contributed by atoms with Gasteiger partial charge in [-0.2, -0.15) is 20.7 Å². The summed E-state index contributed by atoms with van der Waals surface area (Å²) >= 11 is 0. The van der Waals surface area contributed by atoms with Gasteiger partial charge < -0.3 is 33.1 Å². The van der Waals surface area contributed by atoms with E-state index in [1.54, 1.807) is 0 Å². The molecule has 4 nitrogen and oxygen atoms in total. The zero-order valence-electron chi connectivity index (χ0n) is 14.5. The molecule has 6 heteroatoms. The quantitative estimate of drug-likeness (QED) is 0.281. The van der Waals surface area contributed by atoms with E-state index in [2.05, 4.69) is 27.7 Å². The van der Waals surface area contributed by atoms with E-state index in [1.165, 1.54) is 64.2 Å². The van der Waals surface area contributed by atoms with Crippen molar-refractivity contribution in [3.63, 3.8) is 0 Å². The van der Waals surface area contributed by atoms with Crippen LogP contribution >= 0.6 is 7.82 Å². The summed E-state index contributed by atoms with van der Waals surface area (Å²) in [4.78, 5) is 25.6. The first-order valence-corrected chi connectivity index (χ1v) is 9.61. The van der Waals surface area contributed by atoms with Gasteiger partial charge in [-0.1, -0.05) is 78.1 Å². The summed E-state index contributed by atoms with van der Waals surface area (Å²) in [5.41, 5.74) is 0. The summed E-state index contributed by atoms with van der Waals surface area (Å²) in [7, 11) is -5.39. The van der Waals surface area contributed by atoms with Crippen molar-refractivity contribution >= 4 is 7.82 Å². The van der Waals surface area contributed by atoms with Crippen LogP contribution in [0.5, 0.6) is 0 Å². The molecule has 0 bridgehead atoms. The van der Waals surface area contributed by atoms with E-state index in [0.29, 0.717) is 0 Å². The Morgan fingerprint density at radius 2 is 0.909 bits per heavy atom. The Hall–Kier alpha value is 1.46. The first kappa shape index (κ1) is 31.3. The van der Waals surface area contributed by atoms with E-state index in [4.69, 9.17) is 19.2 Å². The molecule has 0 rings (SSSR count). The molecule has 0 aliphatic carbocycles. The van der Waals surface area contributed by atoms with Crippen LogP contribution in [0.3, 0.4) is 0 Å². The number of rotatable bonds is 10. The van der Waals surface area contributed by atoms with Crippen LogP contribution in [0.2, 0.25) is 0 Å². The Bertz CT molecular complexity index is 178. The van der Waals surface area contributed by atoms with E-state index >= 15 is 0 Å². The van der Waals surface area contributed by atoms with Gasteiger partial charge in [-0.25, -0.2) is 0 Å². The Balaban J connectivity index is -0.000000111. The maximum atomic E-state index is 8.55. The Morgan fingerprint density at radius 3 is 1.09 bits per heavy atom. The topological polar surface area (TPSA) is 86.2 Å². The first-order chi connectivity index (χ1) is 9.83. The minimum absolute atomic E-state index is 0. The fourth-order valence-electron chi connectivity index (χ4n) is 1.56. The zero-order valence-corrected chi connectivity index (χ0v) is 18.6. The third-order valence-electron chi connectivity index (χ3n) is 2.71. The molecule has 0 saturated carbocycles. The summed E-state index contributed by atoms with van der Waals surface area (Å²) in [6.45, 7) is 12.0. The maximum absolute atomic E-state index is 8.55. The predicted molar refractivity (Wildman–Crippen MR) is 85.1 cm³/mol. The molecule has 0 atom stereocenters.